The fraction of sp³-hybridized carbons (Fsp3) is 0.231. The van der Waals surface area contributed by atoms with Crippen molar-refractivity contribution in [3.8, 4) is 0 Å². The maximum atomic E-state index is 6.23. The number of halogens is 1. The second-order valence-electron chi connectivity index (χ2n) is 3.63. The molecular weight excluding hydrogens is 254 g/mol. The normalized spacial score (nSPS) is 10.7. The Labute approximate surface area is 110 Å². The Balaban J connectivity index is 2.13. The number of nitrogens with one attached hydrogen (secondary N) is 1. The molecule has 0 aliphatic heterocycles. The third-order valence-electron chi connectivity index (χ3n) is 2.35. The fourth-order valence-corrected chi connectivity index (χ4v) is 2.92. The molecule has 0 aliphatic carbocycles. The van der Waals surface area contributed by atoms with E-state index in [1.54, 1.807) is 18.0 Å². The van der Waals surface area contributed by atoms with E-state index in [-0.39, 0.29) is 0 Å². The highest BCUT2D eigenvalue weighted by molar-refractivity contribution is 7.98. The number of hydrogen-bond donors (Lipinski definition) is 1. The molecule has 0 atom stereocenters. The summed E-state index contributed by atoms with van der Waals surface area (Å²) in [6.45, 7) is 0.820. The number of rotatable bonds is 5. The fourth-order valence-electron chi connectivity index (χ4n) is 1.58. The van der Waals surface area contributed by atoms with Gasteiger partial charge in [0.25, 0.3) is 0 Å². The average Bonchev–Trinajstić information content (AvgIpc) is 2.82. The molecule has 2 rings (SSSR count). The van der Waals surface area contributed by atoms with E-state index in [2.05, 4.69) is 11.4 Å². The molecule has 1 aromatic heterocycles. The van der Waals surface area contributed by atoms with Crippen LogP contribution in [0.3, 0.4) is 0 Å². The molecule has 90 valence electrons. The van der Waals surface area contributed by atoms with E-state index in [1.807, 2.05) is 31.3 Å². The standard InChI is InChI=1S/C13H14ClNOS/c1-15-8-10-4-2-6-12(14)13(10)17-9-11-5-3-7-16-11/h2-7,15H,8-9H2,1H3. The van der Waals surface area contributed by atoms with E-state index < -0.39 is 0 Å². The van der Waals surface area contributed by atoms with Gasteiger partial charge in [-0.1, -0.05) is 23.7 Å². The number of furan rings is 1. The van der Waals surface area contributed by atoms with E-state index >= 15 is 0 Å². The molecule has 1 heterocycles. The minimum atomic E-state index is 0.799. The monoisotopic (exact) mass is 267 g/mol. The van der Waals surface area contributed by atoms with Gasteiger partial charge in [-0.05, 0) is 30.8 Å². The predicted octanol–water partition coefficient (Wildman–Crippen LogP) is 3.94. The lowest BCUT2D eigenvalue weighted by atomic mass is 10.2. The zero-order valence-electron chi connectivity index (χ0n) is 9.57. The summed E-state index contributed by atoms with van der Waals surface area (Å²) < 4.78 is 5.32. The van der Waals surface area contributed by atoms with Gasteiger partial charge < -0.3 is 9.73 Å². The van der Waals surface area contributed by atoms with Crippen molar-refractivity contribution in [3.05, 3.63) is 52.9 Å². The Morgan fingerprint density at radius 3 is 2.88 bits per heavy atom. The van der Waals surface area contributed by atoms with E-state index in [4.69, 9.17) is 16.0 Å². The molecule has 0 unspecified atom stereocenters. The molecular formula is C13H14ClNOS. The highest BCUT2D eigenvalue weighted by Crippen LogP contribution is 2.33. The second-order valence-corrected chi connectivity index (χ2v) is 5.02. The maximum Gasteiger partial charge on any atom is 0.113 e. The van der Waals surface area contributed by atoms with E-state index in [1.165, 1.54) is 5.56 Å². The molecule has 0 saturated carbocycles. The van der Waals surface area contributed by atoms with Crippen LogP contribution < -0.4 is 5.32 Å². The molecule has 0 fully saturated rings. The zero-order chi connectivity index (χ0) is 12.1. The Bertz CT molecular complexity index is 470. The SMILES string of the molecule is CNCc1cccc(Cl)c1SCc1ccco1. The lowest BCUT2D eigenvalue weighted by Gasteiger charge is -2.09. The molecule has 1 aromatic carbocycles. The molecule has 0 radical (unpaired) electrons. The molecule has 0 amide bonds. The van der Waals surface area contributed by atoms with Gasteiger partial charge in [0.2, 0.25) is 0 Å². The summed E-state index contributed by atoms with van der Waals surface area (Å²) in [4.78, 5) is 1.12. The van der Waals surface area contributed by atoms with Crippen molar-refractivity contribution < 1.29 is 4.42 Å². The summed E-state index contributed by atoms with van der Waals surface area (Å²) >= 11 is 7.93. The summed E-state index contributed by atoms with van der Waals surface area (Å²) in [5, 5.41) is 3.95. The van der Waals surface area contributed by atoms with Crippen molar-refractivity contribution in [1.82, 2.24) is 5.32 Å². The molecule has 1 N–H and O–H groups in total. The molecule has 0 aliphatic rings. The van der Waals surface area contributed by atoms with Gasteiger partial charge in [-0.25, -0.2) is 0 Å². The average molecular weight is 268 g/mol. The summed E-state index contributed by atoms with van der Waals surface area (Å²) in [5.74, 6) is 1.76. The molecule has 17 heavy (non-hydrogen) atoms. The topological polar surface area (TPSA) is 25.2 Å². The number of benzene rings is 1. The van der Waals surface area contributed by atoms with Crippen LogP contribution in [-0.4, -0.2) is 7.05 Å². The first-order chi connectivity index (χ1) is 8.31. The Morgan fingerprint density at radius 2 is 2.18 bits per heavy atom. The summed E-state index contributed by atoms with van der Waals surface area (Å²) in [5.41, 5.74) is 1.22. The number of hydrogen-bond acceptors (Lipinski definition) is 3. The summed E-state index contributed by atoms with van der Waals surface area (Å²) in [6, 6.07) is 9.86. The highest BCUT2D eigenvalue weighted by Gasteiger charge is 2.08. The van der Waals surface area contributed by atoms with Crippen LogP contribution in [0.5, 0.6) is 0 Å². The minimum Gasteiger partial charge on any atom is -0.468 e. The van der Waals surface area contributed by atoms with Gasteiger partial charge in [-0.3, -0.25) is 0 Å². The smallest absolute Gasteiger partial charge is 0.113 e. The lowest BCUT2D eigenvalue weighted by Crippen LogP contribution is -2.06. The van der Waals surface area contributed by atoms with Crippen LogP contribution in [-0.2, 0) is 12.3 Å². The van der Waals surface area contributed by atoms with Gasteiger partial charge in [0.15, 0.2) is 0 Å². The van der Waals surface area contributed by atoms with Crippen molar-refractivity contribution in [3.63, 3.8) is 0 Å². The highest BCUT2D eigenvalue weighted by atomic mass is 35.5. The summed E-state index contributed by atoms with van der Waals surface area (Å²) in [7, 11) is 1.93. The van der Waals surface area contributed by atoms with Crippen LogP contribution >= 0.6 is 23.4 Å². The van der Waals surface area contributed by atoms with E-state index in [0.29, 0.717) is 0 Å². The van der Waals surface area contributed by atoms with E-state index in [9.17, 15) is 0 Å². The first kappa shape index (κ1) is 12.6. The van der Waals surface area contributed by atoms with Crippen LogP contribution in [0.25, 0.3) is 0 Å². The molecule has 0 spiro atoms. The van der Waals surface area contributed by atoms with Crippen molar-refractivity contribution in [1.29, 1.82) is 0 Å². The Hall–Kier alpha value is -0.900. The molecule has 2 aromatic rings. The van der Waals surface area contributed by atoms with Gasteiger partial charge in [0.05, 0.1) is 17.0 Å². The minimum absolute atomic E-state index is 0.799. The molecule has 4 heteroatoms. The summed E-state index contributed by atoms with van der Waals surface area (Å²) in [6.07, 6.45) is 1.69. The largest absolute Gasteiger partial charge is 0.468 e. The Morgan fingerprint density at radius 1 is 1.29 bits per heavy atom. The van der Waals surface area contributed by atoms with Crippen LogP contribution in [0.1, 0.15) is 11.3 Å². The first-order valence-electron chi connectivity index (χ1n) is 5.38. The van der Waals surface area contributed by atoms with E-state index in [0.717, 1.165) is 28.0 Å². The van der Waals surface area contributed by atoms with Crippen LogP contribution in [0.4, 0.5) is 0 Å². The molecule has 0 saturated heterocycles. The maximum absolute atomic E-state index is 6.23. The van der Waals surface area contributed by atoms with Crippen molar-refractivity contribution in [2.24, 2.45) is 0 Å². The van der Waals surface area contributed by atoms with Gasteiger partial charge >= 0.3 is 0 Å². The van der Waals surface area contributed by atoms with Crippen LogP contribution in [0, 0.1) is 0 Å². The van der Waals surface area contributed by atoms with Crippen LogP contribution in [0.15, 0.2) is 45.9 Å². The number of thioether (sulfide) groups is 1. The van der Waals surface area contributed by atoms with Gasteiger partial charge in [0.1, 0.15) is 5.76 Å². The Kier molecular flexibility index (Phi) is 4.54. The molecule has 0 bridgehead atoms. The second kappa shape index (κ2) is 6.15. The third-order valence-corrected chi connectivity index (χ3v) is 3.98. The zero-order valence-corrected chi connectivity index (χ0v) is 11.1. The third kappa shape index (κ3) is 3.28. The molecule has 2 nitrogen and oxygen atoms in total. The van der Waals surface area contributed by atoms with Gasteiger partial charge in [-0.2, -0.15) is 0 Å². The predicted molar refractivity (Wildman–Crippen MR) is 72.5 cm³/mol. The quantitative estimate of drug-likeness (QED) is 0.831. The lowest BCUT2D eigenvalue weighted by molar-refractivity contribution is 0.530. The van der Waals surface area contributed by atoms with Gasteiger partial charge in [-0.15, -0.1) is 11.8 Å². The van der Waals surface area contributed by atoms with Crippen molar-refractivity contribution >= 4 is 23.4 Å². The first-order valence-corrected chi connectivity index (χ1v) is 6.75. The van der Waals surface area contributed by atoms with Gasteiger partial charge in [0, 0.05) is 11.4 Å². The van der Waals surface area contributed by atoms with Crippen molar-refractivity contribution in [2.75, 3.05) is 7.05 Å². The van der Waals surface area contributed by atoms with Crippen molar-refractivity contribution in [2.45, 2.75) is 17.2 Å². The van der Waals surface area contributed by atoms with Crippen LogP contribution in [0.2, 0.25) is 5.02 Å².